The summed E-state index contributed by atoms with van der Waals surface area (Å²) in [5.74, 6) is -1.86. The molecule has 0 atom stereocenters. The highest BCUT2D eigenvalue weighted by atomic mass is 32.1. The number of hydrogen-bond acceptors (Lipinski definition) is 7. The Morgan fingerprint density at radius 1 is 1.18 bits per heavy atom. The second-order valence-corrected chi connectivity index (χ2v) is 6.58. The number of hydrogen-bond donors (Lipinski definition) is 1. The van der Waals surface area contributed by atoms with E-state index in [1.165, 1.54) is 30.6 Å². The highest BCUT2D eigenvalue weighted by Crippen LogP contribution is 2.19. The molecule has 3 aromatic rings. The number of halogens is 1. The number of anilines is 1. The van der Waals surface area contributed by atoms with E-state index in [1.54, 1.807) is 5.38 Å². The lowest BCUT2D eigenvalue weighted by molar-refractivity contribution is 0.0470. The average Bonchev–Trinajstić information content (AvgIpc) is 3.20. The van der Waals surface area contributed by atoms with Crippen LogP contribution >= 0.6 is 11.3 Å². The van der Waals surface area contributed by atoms with Crippen molar-refractivity contribution in [3.8, 4) is 5.75 Å². The Hall–Kier alpha value is -3.26. The highest BCUT2D eigenvalue weighted by molar-refractivity contribution is 7.13. The summed E-state index contributed by atoms with van der Waals surface area (Å²) in [4.78, 5) is 28.3. The maximum atomic E-state index is 13.7. The third kappa shape index (κ3) is 4.92. The number of aromatic nitrogens is 1. The second kappa shape index (κ2) is 9.09. The van der Waals surface area contributed by atoms with Crippen LogP contribution in [0.3, 0.4) is 0 Å². The minimum absolute atomic E-state index is 0.0338. The molecule has 0 aliphatic carbocycles. The van der Waals surface area contributed by atoms with Crippen LogP contribution < -0.4 is 10.1 Å². The molecular formula is C20H17FN2O4S. The summed E-state index contributed by atoms with van der Waals surface area (Å²) in [6.07, 6.45) is 0. The SMILES string of the molecule is COc1ccc(C(=O)COC(=O)c2csc(NCc3ccccc3)n2)cc1F. The molecule has 0 radical (unpaired) electrons. The molecule has 3 rings (SSSR count). The molecule has 0 saturated carbocycles. The van der Waals surface area contributed by atoms with Crippen molar-refractivity contribution >= 4 is 28.2 Å². The summed E-state index contributed by atoms with van der Waals surface area (Å²) < 4.78 is 23.5. The lowest BCUT2D eigenvalue weighted by Gasteiger charge is -2.05. The van der Waals surface area contributed by atoms with Crippen molar-refractivity contribution in [2.24, 2.45) is 0 Å². The summed E-state index contributed by atoms with van der Waals surface area (Å²) in [5.41, 5.74) is 1.28. The van der Waals surface area contributed by atoms with E-state index in [2.05, 4.69) is 10.3 Å². The fraction of sp³-hybridized carbons (Fsp3) is 0.150. The van der Waals surface area contributed by atoms with Crippen molar-refractivity contribution in [2.45, 2.75) is 6.54 Å². The van der Waals surface area contributed by atoms with E-state index in [1.807, 2.05) is 30.3 Å². The van der Waals surface area contributed by atoms with Gasteiger partial charge in [-0.3, -0.25) is 4.79 Å². The normalized spacial score (nSPS) is 10.4. The largest absolute Gasteiger partial charge is 0.494 e. The minimum Gasteiger partial charge on any atom is -0.494 e. The van der Waals surface area contributed by atoms with Gasteiger partial charge in [0, 0.05) is 17.5 Å². The number of methoxy groups -OCH3 is 1. The Kier molecular flexibility index (Phi) is 6.33. The molecule has 0 aliphatic rings. The molecule has 144 valence electrons. The monoisotopic (exact) mass is 400 g/mol. The van der Waals surface area contributed by atoms with Gasteiger partial charge in [0.25, 0.3) is 0 Å². The molecule has 1 aromatic heterocycles. The topological polar surface area (TPSA) is 77.5 Å². The first-order chi connectivity index (χ1) is 13.6. The van der Waals surface area contributed by atoms with Crippen LogP contribution in [0, 0.1) is 5.82 Å². The number of ketones is 1. The Labute approximate surface area is 164 Å². The number of ether oxygens (including phenoxy) is 2. The number of Topliss-reactive ketones (excluding diaryl/α,β-unsaturated/α-hetero) is 1. The second-order valence-electron chi connectivity index (χ2n) is 5.73. The highest BCUT2D eigenvalue weighted by Gasteiger charge is 2.16. The number of rotatable bonds is 8. The lowest BCUT2D eigenvalue weighted by Crippen LogP contribution is -2.15. The minimum atomic E-state index is -0.716. The summed E-state index contributed by atoms with van der Waals surface area (Å²) in [5, 5.41) is 5.24. The van der Waals surface area contributed by atoms with Crippen LogP contribution in [0.2, 0.25) is 0 Å². The summed E-state index contributed by atoms with van der Waals surface area (Å²) in [6.45, 7) is 0.0687. The average molecular weight is 400 g/mol. The van der Waals surface area contributed by atoms with Gasteiger partial charge in [-0.2, -0.15) is 0 Å². The lowest BCUT2D eigenvalue weighted by atomic mass is 10.1. The van der Waals surface area contributed by atoms with Crippen LogP contribution in [0.1, 0.15) is 26.4 Å². The molecule has 0 unspecified atom stereocenters. The number of carbonyl (C=O) groups is 2. The van der Waals surface area contributed by atoms with E-state index in [9.17, 15) is 14.0 Å². The van der Waals surface area contributed by atoms with Gasteiger partial charge >= 0.3 is 5.97 Å². The van der Waals surface area contributed by atoms with Crippen LogP contribution in [-0.4, -0.2) is 30.5 Å². The maximum Gasteiger partial charge on any atom is 0.358 e. The molecule has 1 N–H and O–H groups in total. The number of esters is 1. The standard InChI is InChI=1S/C20H17FN2O4S/c1-26-18-8-7-14(9-15(18)21)17(24)11-27-19(25)16-12-28-20(23-16)22-10-13-5-3-2-4-6-13/h2-9,12H,10-11H2,1H3,(H,22,23). The number of nitrogens with zero attached hydrogens (tertiary/aromatic N) is 1. The summed E-state index contributed by atoms with van der Waals surface area (Å²) in [6, 6.07) is 13.6. The smallest absolute Gasteiger partial charge is 0.358 e. The van der Waals surface area contributed by atoms with Crippen LogP contribution in [0.25, 0.3) is 0 Å². The van der Waals surface area contributed by atoms with E-state index >= 15 is 0 Å². The van der Waals surface area contributed by atoms with Crippen molar-refractivity contribution in [3.05, 3.63) is 76.5 Å². The Morgan fingerprint density at radius 3 is 2.68 bits per heavy atom. The van der Waals surface area contributed by atoms with Crippen molar-refractivity contribution in [2.75, 3.05) is 19.0 Å². The maximum absolute atomic E-state index is 13.7. The van der Waals surface area contributed by atoms with E-state index in [0.717, 1.165) is 11.6 Å². The van der Waals surface area contributed by atoms with Crippen molar-refractivity contribution in [3.63, 3.8) is 0 Å². The first-order valence-corrected chi connectivity index (χ1v) is 9.22. The van der Waals surface area contributed by atoms with Crippen molar-refractivity contribution in [1.82, 2.24) is 4.98 Å². The van der Waals surface area contributed by atoms with Gasteiger partial charge in [0.05, 0.1) is 7.11 Å². The van der Waals surface area contributed by atoms with Crippen LogP contribution in [-0.2, 0) is 11.3 Å². The molecule has 0 fully saturated rings. The van der Waals surface area contributed by atoms with Gasteiger partial charge in [-0.1, -0.05) is 30.3 Å². The zero-order valence-electron chi connectivity index (χ0n) is 15.0. The van der Waals surface area contributed by atoms with Gasteiger partial charge in [0.15, 0.2) is 34.8 Å². The molecule has 0 bridgehead atoms. The van der Waals surface area contributed by atoms with Gasteiger partial charge in [-0.15, -0.1) is 11.3 Å². The van der Waals surface area contributed by atoms with Gasteiger partial charge < -0.3 is 14.8 Å². The quantitative estimate of drug-likeness (QED) is 0.456. The fourth-order valence-electron chi connectivity index (χ4n) is 2.35. The third-order valence-electron chi connectivity index (χ3n) is 3.81. The van der Waals surface area contributed by atoms with Gasteiger partial charge in [0.1, 0.15) is 0 Å². The zero-order valence-corrected chi connectivity index (χ0v) is 15.8. The summed E-state index contributed by atoms with van der Waals surface area (Å²) >= 11 is 1.26. The van der Waals surface area contributed by atoms with Crippen LogP contribution in [0.15, 0.2) is 53.9 Å². The van der Waals surface area contributed by atoms with Crippen molar-refractivity contribution < 1.29 is 23.5 Å². The molecule has 28 heavy (non-hydrogen) atoms. The molecule has 2 aromatic carbocycles. The van der Waals surface area contributed by atoms with E-state index in [4.69, 9.17) is 9.47 Å². The van der Waals surface area contributed by atoms with Gasteiger partial charge in [-0.25, -0.2) is 14.2 Å². The molecular weight excluding hydrogens is 383 g/mol. The first-order valence-electron chi connectivity index (χ1n) is 8.34. The third-order valence-corrected chi connectivity index (χ3v) is 4.61. The Bertz CT molecular complexity index is 975. The first kappa shape index (κ1) is 19.5. The predicted octanol–water partition coefficient (Wildman–Crippen LogP) is 3.94. The van der Waals surface area contributed by atoms with E-state index < -0.39 is 24.2 Å². The number of benzene rings is 2. The zero-order chi connectivity index (χ0) is 19.9. The van der Waals surface area contributed by atoms with E-state index in [-0.39, 0.29) is 17.0 Å². The van der Waals surface area contributed by atoms with Gasteiger partial charge in [-0.05, 0) is 23.8 Å². The Morgan fingerprint density at radius 2 is 1.96 bits per heavy atom. The fourth-order valence-corrected chi connectivity index (χ4v) is 3.03. The Balaban J connectivity index is 1.53. The molecule has 1 heterocycles. The van der Waals surface area contributed by atoms with Crippen LogP contribution in [0.4, 0.5) is 9.52 Å². The van der Waals surface area contributed by atoms with Crippen LogP contribution in [0.5, 0.6) is 5.75 Å². The van der Waals surface area contributed by atoms with Crippen molar-refractivity contribution in [1.29, 1.82) is 0 Å². The van der Waals surface area contributed by atoms with E-state index in [0.29, 0.717) is 11.7 Å². The predicted molar refractivity (Wildman–Crippen MR) is 103 cm³/mol. The molecule has 6 nitrogen and oxygen atoms in total. The molecule has 0 amide bonds. The number of thiazole rings is 1. The molecule has 8 heteroatoms. The molecule has 0 aliphatic heterocycles. The molecule has 0 saturated heterocycles. The number of nitrogens with one attached hydrogen (secondary N) is 1. The number of carbonyl (C=O) groups excluding carboxylic acids is 2. The van der Waals surface area contributed by atoms with Gasteiger partial charge in [0.2, 0.25) is 0 Å². The molecule has 0 spiro atoms. The summed E-state index contributed by atoms with van der Waals surface area (Å²) in [7, 11) is 1.33.